The molecule has 1 aromatic carbocycles. The van der Waals surface area contributed by atoms with Gasteiger partial charge in [-0.05, 0) is 23.8 Å². The smallest absolute Gasteiger partial charge is 0.200 e. The van der Waals surface area contributed by atoms with Crippen LogP contribution in [0.4, 0.5) is 0 Å². The standard InChI is InChI=1S/C11H12O4/c1-14-9-6-8(4-3-5-12)7-10(15-2)11(9)13/h3-7,13H,1-2H3/b4-3+/i5+1. The molecule has 1 rings (SSSR count). The van der Waals surface area contributed by atoms with Crippen LogP contribution in [0.2, 0.25) is 0 Å². The maximum absolute atomic E-state index is 10.2. The summed E-state index contributed by atoms with van der Waals surface area (Å²) in [6, 6.07) is 3.22. The number of hydrogen-bond donors (Lipinski definition) is 1. The summed E-state index contributed by atoms with van der Waals surface area (Å²) in [7, 11) is 2.89. The van der Waals surface area contributed by atoms with Gasteiger partial charge in [0.25, 0.3) is 0 Å². The summed E-state index contributed by atoms with van der Waals surface area (Å²) in [4.78, 5) is 10.2. The highest BCUT2D eigenvalue weighted by Crippen LogP contribution is 2.37. The highest BCUT2D eigenvalue weighted by atomic mass is 16.5. The zero-order valence-corrected chi connectivity index (χ0v) is 8.56. The van der Waals surface area contributed by atoms with Gasteiger partial charge in [0.05, 0.1) is 14.2 Å². The van der Waals surface area contributed by atoms with Crippen molar-refractivity contribution in [2.75, 3.05) is 14.2 Å². The molecule has 1 aromatic rings. The molecule has 80 valence electrons. The summed E-state index contributed by atoms with van der Waals surface area (Å²) in [5.74, 6) is 0.558. The van der Waals surface area contributed by atoms with Crippen molar-refractivity contribution in [2.24, 2.45) is 0 Å². The fraction of sp³-hybridized carbons (Fsp3) is 0.182. The number of phenols is 1. The molecule has 0 bridgehead atoms. The monoisotopic (exact) mass is 209 g/mol. The first-order valence-corrected chi connectivity index (χ1v) is 4.29. The van der Waals surface area contributed by atoms with Gasteiger partial charge in [0.2, 0.25) is 5.75 Å². The van der Waals surface area contributed by atoms with Crippen molar-refractivity contribution in [1.29, 1.82) is 0 Å². The molecule has 0 unspecified atom stereocenters. The fourth-order valence-electron chi connectivity index (χ4n) is 1.16. The summed E-state index contributed by atoms with van der Waals surface area (Å²) < 4.78 is 9.91. The molecule has 0 saturated heterocycles. The molecular weight excluding hydrogens is 197 g/mol. The topological polar surface area (TPSA) is 55.8 Å². The quantitative estimate of drug-likeness (QED) is 0.465. The Morgan fingerprint density at radius 2 is 1.73 bits per heavy atom. The van der Waals surface area contributed by atoms with Crippen molar-refractivity contribution < 1.29 is 19.4 Å². The van der Waals surface area contributed by atoms with Gasteiger partial charge in [-0.25, -0.2) is 0 Å². The van der Waals surface area contributed by atoms with Gasteiger partial charge < -0.3 is 14.6 Å². The Morgan fingerprint density at radius 1 is 1.20 bits per heavy atom. The number of benzene rings is 1. The average molecular weight is 209 g/mol. The van der Waals surface area contributed by atoms with E-state index in [4.69, 9.17) is 9.47 Å². The van der Waals surface area contributed by atoms with Crippen LogP contribution in [-0.2, 0) is 4.79 Å². The third-order valence-electron chi connectivity index (χ3n) is 1.87. The Morgan fingerprint density at radius 3 is 2.13 bits per heavy atom. The third kappa shape index (κ3) is 2.49. The predicted molar refractivity (Wildman–Crippen MR) is 56.3 cm³/mol. The highest BCUT2D eigenvalue weighted by molar-refractivity contribution is 5.75. The van der Waals surface area contributed by atoms with Crippen molar-refractivity contribution >= 4 is 12.4 Å². The minimum absolute atomic E-state index is 0.0525. The molecule has 1 N–H and O–H groups in total. The Kier molecular flexibility index (Phi) is 3.74. The number of aromatic hydroxyl groups is 1. The molecule has 0 aromatic heterocycles. The van der Waals surface area contributed by atoms with Crippen LogP contribution in [0, 0.1) is 0 Å². The largest absolute Gasteiger partial charge is 0.502 e. The minimum atomic E-state index is -0.0525. The lowest BCUT2D eigenvalue weighted by molar-refractivity contribution is -0.104. The molecule has 0 heterocycles. The van der Waals surface area contributed by atoms with E-state index >= 15 is 0 Å². The van der Waals surface area contributed by atoms with Crippen LogP contribution in [-0.4, -0.2) is 25.6 Å². The molecular formula is C11H12O4. The molecule has 4 heteroatoms. The molecule has 0 saturated carbocycles. The normalized spacial score (nSPS) is 10.3. The Hall–Kier alpha value is -1.97. The van der Waals surface area contributed by atoms with Crippen molar-refractivity contribution in [3.8, 4) is 17.2 Å². The van der Waals surface area contributed by atoms with Gasteiger partial charge in [-0.2, -0.15) is 0 Å². The van der Waals surface area contributed by atoms with Crippen molar-refractivity contribution in [2.45, 2.75) is 0 Å². The Bertz CT molecular complexity index is 357. The summed E-state index contributed by atoms with van der Waals surface area (Å²) in [6.45, 7) is 0. The molecule has 0 fully saturated rings. The summed E-state index contributed by atoms with van der Waals surface area (Å²) in [5, 5.41) is 9.60. The first-order chi connectivity index (χ1) is 7.22. The number of phenolic OH excluding ortho intramolecular Hbond substituents is 1. The maximum atomic E-state index is 10.2. The molecule has 0 spiro atoms. The molecule has 0 aliphatic carbocycles. The minimum Gasteiger partial charge on any atom is -0.502 e. The van der Waals surface area contributed by atoms with Gasteiger partial charge in [0, 0.05) is 0 Å². The van der Waals surface area contributed by atoms with E-state index < -0.39 is 0 Å². The lowest BCUT2D eigenvalue weighted by atomic mass is 10.2. The van der Waals surface area contributed by atoms with Gasteiger partial charge in [0.15, 0.2) is 11.5 Å². The number of hydrogen-bond acceptors (Lipinski definition) is 4. The number of carbonyl (C=O) groups is 1. The molecule has 15 heavy (non-hydrogen) atoms. The lowest BCUT2D eigenvalue weighted by Gasteiger charge is -2.09. The second kappa shape index (κ2) is 5.05. The van der Waals surface area contributed by atoms with E-state index in [1.54, 1.807) is 18.2 Å². The lowest BCUT2D eigenvalue weighted by Crippen LogP contribution is -1.90. The van der Waals surface area contributed by atoms with Gasteiger partial charge in [-0.1, -0.05) is 6.08 Å². The van der Waals surface area contributed by atoms with Crippen LogP contribution < -0.4 is 9.47 Å². The summed E-state index contributed by atoms with van der Waals surface area (Å²) in [6.07, 6.45) is 3.62. The number of carbonyl (C=O) groups excluding carboxylic acids is 1. The number of ether oxygens (including phenoxy) is 2. The molecule has 0 atom stereocenters. The number of aldehydes is 1. The Balaban J connectivity index is 3.20. The van der Waals surface area contributed by atoms with Crippen LogP contribution in [0.1, 0.15) is 5.56 Å². The molecule has 0 aliphatic heterocycles. The van der Waals surface area contributed by atoms with Crippen LogP contribution in [0.15, 0.2) is 18.2 Å². The second-order valence-electron chi connectivity index (χ2n) is 2.77. The van der Waals surface area contributed by atoms with E-state index in [9.17, 15) is 9.90 Å². The maximum Gasteiger partial charge on any atom is 0.200 e. The van der Waals surface area contributed by atoms with Crippen molar-refractivity contribution in [3.05, 3.63) is 23.8 Å². The van der Waals surface area contributed by atoms with E-state index in [2.05, 4.69) is 0 Å². The van der Waals surface area contributed by atoms with Gasteiger partial charge >= 0.3 is 0 Å². The summed E-state index contributed by atoms with van der Waals surface area (Å²) >= 11 is 0. The first kappa shape index (κ1) is 11.1. The third-order valence-corrected chi connectivity index (χ3v) is 1.87. The molecule has 0 aliphatic rings. The fourth-order valence-corrected chi connectivity index (χ4v) is 1.16. The molecule has 0 amide bonds. The van der Waals surface area contributed by atoms with E-state index in [1.807, 2.05) is 0 Å². The zero-order chi connectivity index (χ0) is 11.3. The van der Waals surface area contributed by atoms with Crippen LogP contribution >= 0.6 is 0 Å². The number of rotatable bonds is 4. The second-order valence-corrected chi connectivity index (χ2v) is 2.77. The van der Waals surface area contributed by atoms with Gasteiger partial charge in [-0.15, -0.1) is 0 Å². The van der Waals surface area contributed by atoms with Crippen molar-refractivity contribution in [3.63, 3.8) is 0 Å². The average Bonchev–Trinajstić information content (AvgIpc) is 2.27. The van der Waals surface area contributed by atoms with Crippen LogP contribution in [0.3, 0.4) is 0 Å². The van der Waals surface area contributed by atoms with Crippen LogP contribution in [0.5, 0.6) is 17.2 Å². The van der Waals surface area contributed by atoms with Gasteiger partial charge in [0.1, 0.15) is 6.29 Å². The number of allylic oxidation sites excluding steroid dienone is 1. The number of methoxy groups -OCH3 is 2. The molecule has 0 radical (unpaired) electrons. The first-order valence-electron chi connectivity index (χ1n) is 4.29. The Labute approximate surface area is 87.7 Å². The van der Waals surface area contributed by atoms with E-state index in [-0.39, 0.29) is 5.75 Å². The highest BCUT2D eigenvalue weighted by Gasteiger charge is 2.09. The zero-order valence-electron chi connectivity index (χ0n) is 8.56. The van der Waals surface area contributed by atoms with E-state index in [0.29, 0.717) is 23.3 Å². The predicted octanol–water partition coefficient (Wildman–Crippen LogP) is 1.62. The van der Waals surface area contributed by atoms with Crippen molar-refractivity contribution in [1.82, 2.24) is 0 Å². The molecule has 4 nitrogen and oxygen atoms in total. The van der Waals surface area contributed by atoms with Crippen LogP contribution in [0.25, 0.3) is 6.08 Å². The summed E-state index contributed by atoms with van der Waals surface area (Å²) in [5.41, 5.74) is 0.716. The van der Waals surface area contributed by atoms with E-state index in [1.165, 1.54) is 20.3 Å². The SMILES string of the molecule is COc1cc(/C=C/[13CH]=O)cc(OC)c1O. The van der Waals surface area contributed by atoms with Gasteiger partial charge in [-0.3, -0.25) is 4.79 Å². The van der Waals surface area contributed by atoms with E-state index in [0.717, 1.165) is 0 Å².